The van der Waals surface area contributed by atoms with Crippen LogP contribution in [0.1, 0.15) is 90.0 Å². The fraction of sp³-hybridized carbons (Fsp3) is 0.246. The van der Waals surface area contributed by atoms with Crippen molar-refractivity contribution in [3.05, 3.63) is 173 Å². The Morgan fingerprint density at radius 3 is 2.00 bits per heavy atom. The summed E-state index contributed by atoms with van der Waals surface area (Å²) in [5, 5.41) is 77.6. The molecule has 7 aromatic rings. The van der Waals surface area contributed by atoms with Crippen LogP contribution in [0.5, 0.6) is 28.7 Å². The summed E-state index contributed by atoms with van der Waals surface area (Å²) in [6, 6.07) is 6.34. The molecule has 91 heavy (non-hydrogen) atoms. The molecule has 0 spiro atoms. The second-order valence-corrected chi connectivity index (χ2v) is 23.5. The first kappa shape index (κ1) is 67.0. The normalized spacial score (nSPS) is 16.0. The van der Waals surface area contributed by atoms with Crippen LogP contribution in [0.15, 0.2) is 103 Å². The number of likely N-dealkylation sites (N-methyl/N-ethyl adjacent to an activating group) is 1. The Balaban J connectivity index is 1.31. The Hall–Kier alpha value is -9.89. The highest BCUT2D eigenvalue weighted by atomic mass is 35.5. The minimum absolute atomic E-state index is 0.0532. The van der Waals surface area contributed by atoms with Crippen molar-refractivity contribution in [1.82, 2.24) is 36.1 Å². The second kappa shape index (κ2) is 27.1. The molecule has 30 heteroatoms. The lowest BCUT2D eigenvalue weighted by molar-refractivity contribution is -0.387. The number of hydrogen-bond acceptors (Lipinski definition) is 17. The van der Waals surface area contributed by atoms with Crippen molar-refractivity contribution in [2.24, 2.45) is 0 Å². The number of aromatic nitrogens is 1. The Kier molecular flexibility index (Phi) is 19.9. The van der Waals surface area contributed by atoms with Gasteiger partial charge in [0.05, 0.1) is 37.6 Å². The van der Waals surface area contributed by atoms with E-state index in [9.17, 15) is 64.0 Å². The molecule has 0 aliphatic carbocycles. The number of nitrogens with one attached hydrogen (secondary N) is 5. The number of benzene rings is 6. The van der Waals surface area contributed by atoms with Crippen LogP contribution in [0.3, 0.4) is 0 Å². The number of phenols is 5. The van der Waals surface area contributed by atoms with Gasteiger partial charge in [0.1, 0.15) is 41.6 Å². The highest BCUT2D eigenvalue weighted by molar-refractivity contribution is 6.38. The number of aromatic hydroxyl groups is 5. The molecule has 0 saturated heterocycles. The van der Waals surface area contributed by atoms with Gasteiger partial charge < -0.3 is 66.5 Å². The maximum Gasteiger partial charge on any atom is 0.408 e. The molecule has 6 amide bonds. The lowest BCUT2D eigenvalue weighted by Crippen LogP contribution is -2.54. The van der Waals surface area contributed by atoms with Crippen molar-refractivity contribution >= 4 is 110 Å². The lowest BCUT2D eigenvalue weighted by Gasteiger charge is -2.33. The van der Waals surface area contributed by atoms with Gasteiger partial charge in [0, 0.05) is 50.0 Å². The molecule has 2 aliphatic heterocycles. The van der Waals surface area contributed by atoms with Crippen LogP contribution in [0.4, 0.5) is 14.9 Å². The van der Waals surface area contributed by atoms with Gasteiger partial charge in [0.25, 0.3) is 0 Å². The molecule has 10 N–H and O–H groups in total. The predicted molar refractivity (Wildman–Crippen MR) is 327 cm³/mol. The lowest BCUT2D eigenvalue weighted by atomic mass is 9.94. The molecule has 0 radical (unpaired) electrons. The molecule has 3 heterocycles. The van der Waals surface area contributed by atoms with Gasteiger partial charge in [0.2, 0.25) is 41.3 Å². The quantitative estimate of drug-likeness (QED) is 0.0211. The van der Waals surface area contributed by atoms with Crippen molar-refractivity contribution in [3.8, 4) is 39.9 Å². The molecule has 9 rings (SSSR count). The number of carbonyl (C=O) groups excluding carboxylic acids is 8. The summed E-state index contributed by atoms with van der Waals surface area (Å²) in [4.78, 5) is 128. The number of rotatable bonds is 14. The van der Waals surface area contributed by atoms with E-state index < -0.39 is 162 Å². The first-order valence-electron chi connectivity index (χ1n) is 27.1. The number of carbonyl (C=O) groups is 8. The van der Waals surface area contributed by atoms with Crippen LogP contribution < -0.4 is 26.6 Å². The Morgan fingerprint density at radius 1 is 0.780 bits per heavy atom. The number of fused-ring (bicyclic) bond motifs is 8. The number of alkyl carbamates (subject to hydrolysis) is 1. The van der Waals surface area contributed by atoms with Gasteiger partial charge in [-0.1, -0.05) is 76.7 Å². The third-order valence-electron chi connectivity index (χ3n) is 14.5. The van der Waals surface area contributed by atoms with Gasteiger partial charge in [0.15, 0.2) is 29.0 Å². The zero-order chi connectivity index (χ0) is 66.8. The summed E-state index contributed by atoms with van der Waals surface area (Å²) in [6.07, 6.45) is -0.793. The Labute approximate surface area is 535 Å². The van der Waals surface area contributed by atoms with Gasteiger partial charge in [-0.05, 0) is 120 Å². The van der Waals surface area contributed by atoms with Gasteiger partial charge in [-0.3, -0.25) is 43.4 Å². The van der Waals surface area contributed by atoms with Crippen LogP contribution in [0.2, 0.25) is 20.1 Å². The van der Waals surface area contributed by atoms with E-state index in [0.29, 0.717) is 10.9 Å². The predicted octanol–water partition coefficient (Wildman–Crippen LogP) is 8.58. The number of halogens is 5. The zero-order valence-electron chi connectivity index (χ0n) is 48.6. The van der Waals surface area contributed by atoms with Gasteiger partial charge >= 0.3 is 17.7 Å². The van der Waals surface area contributed by atoms with Crippen molar-refractivity contribution in [2.75, 3.05) is 14.2 Å². The highest BCUT2D eigenvalue weighted by Gasteiger charge is 2.40. The van der Waals surface area contributed by atoms with Crippen molar-refractivity contribution in [2.45, 2.75) is 82.4 Å². The average Bonchev–Trinajstić information content (AvgIpc) is 1.76. The first-order chi connectivity index (χ1) is 42.7. The van der Waals surface area contributed by atoms with E-state index in [1.54, 1.807) is 20.8 Å². The molecule has 1 aromatic heterocycles. The molecule has 6 bridgehead atoms. The van der Waals surface area contributed by atoms with E-state index in [1.807, 2.05) is 0 Å². The summed E-state index contributed by atoms with van der Waals surface area (Å²) in [7, 11) is 2.04. The van der Waals surface area contributed by atoms with Crippen LogP contribution in [-0.4, -0.2) is 119 Å². The van der Waals surface area contributed by atoms with Crippen LogP contribution in [0, 0.1) is 15.9 Å². The summed E-state index contributed by atoms with van der Waals surface area (Å²) >= 11 is 25.7. The SMILES string of the molecule is COC(=O)[C@H](NC(=O)[C@H](Cc1ccc(F)c([N+](=O)[O-])c1)N(C)C(=O)[C@H](NC(=O)[C@@H]1NC(=O)[C@@H](c2cc(Cl)c(O)c(Cl)c2)NC(=O)[C@H](NC(=O)OC(C)(C)C)Cc2cn(C(C)=O)c3cc(ccc23)-c2cc1cc(O)c2O)c1cc(Cl)c(O)c(Cl)c1)c1ccc(O)cc1. The number of amides is 6. The topological polar surface area (TPSA) is 368 Å². The summed E-state index contributed by atoms with van der Waals surface area (Å²) in [6.45, 7) is 5.90. The summed E-state index contributed by atoms with van der Waals surface area (Å²) in [5.41, 5.74) is -2.87. The van der Waals surface area contributed by atoms with E-state index in [-0.39, 0.29) is 50.2 Å². The number of nitro groups is 1. The third kappa shape index (κ3) is 14.9. The van der Waals surface area contributed by atoms with Crippen molar-refractivity contribution in [1.29, 1.82) is 0 Å². The first-order valence-corrected chi connectivity index (χ1v) is 28.6. The molecule has 25 nitrogen and oxygen atoms in total. The van der Waals surface area contributed by atoms with Crippen LogP contribution >= 0.6 is 46.4 Å². The van der Waals surface area contributed by atoms with E-state index in [4.69, 9.17) is 55.9 Å². The average molecular weight is 1330 g/mol. The molecular weight excluding hydrogens is 1280 g/mol. The van der Waals surface area contributed by atoms with Gasteiger partial charge in [-0.25, -0.2) is 9.59 Å². The number of nitrogens with zero attached hydrogens (tertiary/aromatic N) is 3. The minimum Gasteiger partial charge on any atom is -0.508 e. The molecule has 2 aliphatic rings. The molecule has 0 unspecified atom stereocenters. The number of hydrogen-bond donors (Lipinski definition) is 10. The molecule has 0 fully saturated rings. The smallest absolute Gasteiger partial charge is 0.408 e. The standard InChI is InChI=1S/C61H55Cl4FN8O17/c1-26(75)73-25-33-22-42(67-60(87)91-61(2,3)4)54(81)68-48(31-18-37(62)52(79)38(63)19-31)56(83)69-47(30-17-36(51(78)46(77)24-30)29-10-13-35(33)43(73)23-29)57(84)70-49(32-20-39(64)53(80)40(65)21-32)58(85)72(5)45(16-27-7-14-41(66)44(15-27)74(88)89)55(82)71-50(59(86)90-6)28-8-11-34(76)12-9-28/h7-15,17-21,23-25,42,45,47-50,76-80H,16,22H2,1-6H3,(H,67,87)(H,68,81)(H,69,83)(H,70,84)(H,71,82)/t42-,45+,47-,48-,49-,50-/m1/s1. The Bertz CT molecular complexity index is 4100. The maximum absolute atomic E-state index is 15.7. The summed E-state index contributed by atoms with van der Waals surface area (Å²) in [5.74, 6) is -12.4. The number of methoxy groups -OCH3 is 1. The number of phenolic OH excluding ortho intramolecular Hbond substituents is 5. The Morgan fingerprint density at radius 2 is 1.41 bits per heavy atom. The number of esters is 1. The zero-order valence-corrected chi connectivity index (χ0v) is 51.6. The molecular formula is C61H55Cl4FN8O17. The minimum atomic E-state index is -2.21. The van der Waals surface area contributed by atoms with Crippen molar-refractivity contribution < 1.29 is 82.7 Å². The fourth-order valence-corrected chi connectivity index (χ4v) is 11.0. The molecule has 6 atom stereocenters. The molecule has 0 saturated carbocycles. The monoisotopic (exact) mass is 1330 g/mol. The number of nitro benzene ring substituents is 1. The number of ether oxygens (including phenoxy) is 2. The van der Waals surface area contributed by atoms with Crippen LogP contribution in [0.25, 0.3) is 22.0 Å². The van der Waals surface area contributed by atoms with E-state index in [2.05, 4.69) is 26.6 Å². The maximum atomic E-state index is 15.7. The second-order valence-electron chi connectivity index (χ2n) is 21.9. The van der Waals surface area contributed by atoms with E-state index >= 15 is 14.4 Å². The van der Waals surface area contributed by atoms with Crippen molar-refractivity contribution in [3.63, 3.8) is 0 Å². The van der Waals surface area contributed by atoms with Crippen LogP contribution in [-0.2, 0) is 51.1 Å². The third-order valence-corrected chi connectivity index (χ3v) is 15.6. The highest BCUT2D eigenvalue weighted by Crippen LogP contribution is 2.43. The van der Waals surface area contributed by atoms with E-state index in [0.717, 1.165) is 73.7 Å². The van der Waals surface area contributed by atoms with Gasteiger partial charge in [-0.2, -0.15) is 4.39 Å². The van der Waals surface area contributed by atoms with Gasteiger partial charge in [-0.15, -0.1) is 0 Å². The fourth-order valence-electron chi connectivity index (χ4n) is 9.99. The summed E-state index contributed by atoms with van der Waals surface area (Å²) < 4.78 is 26.5. The van der Waals surface area contributed by atoms with E-state index in [1.165, 1.54) is 60.2 Å². The largest absolute Gasteiger partial charge is 0.508 e. The molecule has 476 valence electrons. The molecule has 6 aromatic carbocycles.